The summed E-state index contributed by atoms with van der Waals surface area (Å²) in [5.41, 5.74) is 1.14. The highest BCUT2D eigenvalue weighted by molar-refractivity contribution is 5.79. The van der Waals surface area contributed by atoms with Gasteiger partial charge in [0.25, 0.3) is 0 Å². The fourth-order valence-electron chi connectivity index (χ4n) is 3.08. The van der Waals surface area contributed by atoms with Gasteiger partial charge in [0.15, 0.2) is 0 Å². The highest BCUT2D eigenvalue weighted by atomic mass is 16.5. The first-order valence-corrected chi connectivity index (χ1v) is 7.83. The summed E-state index contributed by atoms with van der Waals surface area (Å²) in [7, 11) is 1.67. The predicted octanol–water partition coefficient (Wildman–Crippen LogP) is 2.75. The normalized spacial score (nSPS) is 19.9. The molecule has 0 radical (unpaired) electrons. The molecule has 0 spiro atoms. The minimum Gasteiger partial charge on any atom is -0.497 e. The molecule has 0 saturated carbocycles. The van der Waals surface area contributed by atoms with Crippen LogP contribution in [0.1, 0.15) is 44.7 Å². The maximum atomic E-state index is 12.3. The van der Waals surface area contributed by atoms with Crippen LogP contribution < -0.4 is 10.1 Å². The van der Waals surface area contributed by atoms with Gasteiger partial charge in [0.2, 0.25) is 5.91 Å². The Morgan fingerprint density at radius 2 is 2.29 bits per heavy atom. The molecule has 116 valence electrons. The average Bonchev–Trinajstić information content (AvgIpc) is 2.88. The second-order valence-electron chi connectivity index (χ2n) is 5.59. The summed E-state index contributed by atoms with van der Waals surface area (Å²) in [5, 5.41) is 3.35. The van der Waals surface area contributed by atoms with Crippen molar-refractivity contribution in [2.24, 2.45) is 0 Å². The molecule has 1 aliphatic rings. The minimum atomic E-state index is 0.0988. The van der Waals surface area contributed by atoms with Crippen LogP contribution in [0.2, 0.25) is 0 Å². The van der Waals surface area contributed by atoms with Crippen LogP contribution in [0.4, 0.5) is 0 Å². The third kappa shape index (κ3) is 3.76. The zero-order valence-corrected chi connectivity index (χ0v) is 13.3. The molecule has 1 saturated heterocycles. The number of hydrogen-bond acceptors (Lipinski definition) is 3. The average molecular weight is 290 g/mol. The highest BCUT2D eigenvalue weighted by Gasteiger charge is 2.34. The quantitative estimate of drug-likeness (QED) is 0.785. The Hall–Kier alpha value is -1.55. The van der Waals surface area contributed by atoms with Crippen LogP contribution in [-0.4, -0.2) is 37.0 Å². The zero-order chi connectivity index (χ0) is 15.2. The van der Waals surface area contributed by atoms with E-state index in [9.17, 15) is 4.79 Å². The molecule has 2 rings (SSSR count). The molecule has 1 fully saturated rings. The van der Waals surface area contributed by atoms with Gasteiger partial charge in [-0.1, -0.05) is 19.1 Å². The molecule has 1 unspecified atom stereocenters. The lowest BCUT2D eigenvalue weighted by atomic mass is 10.0. The summed E-state index contributed by atoms with van der Waals surface area (Å²) in [6.07, 6.45) is 2.66. The van der Waals surface area contributed by atoms with E-state index in [1.54, 1.807) is 7.11 Å². The van der Waals surface area contributed by atoms with Crippen molar-refractivity contribution in [3.05, 3.63) is 29.8 Å². The molecule has 1 amide bonds. The second-order valence-corrected chi connectivity index (χ2v) is 5.59. The van der Waals surface area contributed by atoms with Crippen LogP contribution in [0.15, 0.2) is 24.3 Å². The Morgan fingerprint density at radius 1 is 1.48 bits per heavy atom. The van der Waals surface area contributed by atoms with Crippen LogP contribution in [0, 0.1) is 0 Å². The lowest BCUT2D eigenvalue weighted by molar-refractivity contribution is -0.131. The molecular weight excluding hydrogens is 264 g/mol. The van der Waals surface area contributed by atoms with Gasteiger partial charge in [-0.15, -0.1) is 0 Å². The van der Waals surface area contributed by atoms with Gasteiger partial charge in [-0.3, -0.25) is 4.79 Å². The molecule has 0 aromatic heterocycles. The van der Waals surface area contributed by atoms with Gasteiger partial charge >= 0.3 is 0 Å². The third-order valence-electron chi connectivity index (χ3n) is 4.27. The topological polar surface area (TPSA) is 41.6 Å². The van der Waals surface area contributed by atoms with E-state index in [1.807, 2.05) is 18.2 Å². The Labute approximate surface area is 127 Å². The van der Waals surface area contributed by atoms with Crippen LogP contribution in [0.25, 0.3) is 0 Å². The van der Waals surface area contributed by atoms with Crippen molar-refractivity contribution in [2.45, 2.75) is 45.2 Å². The maximum Gasteiger partial charge on any atom is 0.223 e. The minimum absolute atomic E-state index is 0.0988. The monoisotopic (exact) mass is 290 g/mol. The smallest absolute Gasteiger partial charge is 0.223 e. The first-order chi connectivity index (χ1) is 10.2. The van der Waals surface area contributed by atoms with Crippen LogP contribution >= 0.6 is 0 Å². The molecule has 0 bridgehead atoms. The summed E-state index contributed by atoms with van der Waals surface area (Å²) in [6, 6.07) is 8.46. The Kier molecular flexibility index (Phi) is 5.62. The third-order valence-corrected chi connectivity index (χ3v) is 4.27. The SMILES string of the molecule is CCNCCC1CCC(=O)N1[C@H](C)c1cccc(OC)c1. The number of nitrogens with one attached hydrogen (secondary N) is 1. The molecule has 4 nitrogen and oxygen atoms in total. The molecule has 1 aromatic rings. The number of carbonyl (C=O) groups is 1. The van der Waals surface area contributed by atoms with E-state index >= 15 is 0 Å². The molecule has 21 heavy (non-hydrogen) atoms. The number of ether oxygens (including phenoxy) is 1. The van der Waals surface area contributed by atoms with Gasteiger partial charge < -0.3 is 15.0 Å². The van der Waals surface area contributed by atoms with Crippen molar-refractivity contribution in [2.75, 3.05) is 20.2 Å². The molecule has 1 heterocycles. The van der Waals surface area contributed by atoms with Crippen molar-refractivity contribution in [1.82, 2.24) is 10.2 Å². The zero-order valence-electron chi connectivity index (χ0n) is 13.3. The van der Waals surface area contributed by atoms with Gasteiger partial charge in [-0.2, -0.15) is 0 Å². The number of benzene rings is 1. The summed E-state index contributed by atoms with van der Waals surface area (Å²) in [4.78, 5) is 14.3. The Morgan fingerprint density at radius 3 is 3.00 bits per heavy atom. The molecule has 1 aromatic carbocycles. The molecule has 1 aliphatic heterocycles. The van der Waals surface area contributed by atoms with Crippen LogP contribution in [0.3, 0.4) is 0 Å². The van der Waals surface area contributed by atoms with E-state index in [1.165, 1.54) is 0 Å². The van der Waals surface area contributed by atoms with E-state index in [-0.39, 0.29) is 11.9 Å². The fraction of sp³-hybridized carbons (Fsp3) is 0.588. The van der Waals surface area contributed by atoms with E-state index in [0.717, 1.165) is 37.2 Å². The molecule has 2 atom stereocenters. The number of hydrogen-bond donors (Lipinski definition) is 1. The highest BCUT2D eigenvalue weighted by Crippen LogP contribution is 2.32. The molecule has 0 aliphatic carbocycles. The number of likely N-dealkylation sites (tertiary alicyclic amines) is 1. The second kappa shape index (κ2) is 7.46. The van der Waals surface area contributed by atoms with Crippen molar-refractivity contribution < 1.29 is 9.53 Å². The van der Waals surface area contributed by atoms with Crippen molar-refractivity contribution in [3.8, 4) is 5.75 Å². The summed E-state index contributed by atoms with van der Waals surface area (Å²) in [6.45, 7) is 6.16. The van der Waals surface area contributed by atoms with Gasteiger partial charge in [-0.05, 0) is 50.6 Å². The predicted molar refractivity (Wildman–Crippen MR) is 84.4 cm³/mol. The molecule has 4 heteroatoms. The summed E-state index contributed by atoms with van der Waals surface area (Å²) in [5.74, 6) is 1.11. The number of nitrogens with zero attached hydrogens (tertiary/aromatic N) is 1. The number of amides is 1. The number of rotatable bonds is 7. The van der Waals surface area contributed by atoms with Gasteiger partial charge in [-0.25, -0.2) is 0 Å². The number of methoxy groups -OCH3 is 1. The maximum absolute atomic E-state index is 12.3. The van der Waals surface area contributed by atoms with Gasteiger partial charge in [0.1, 0.15) is 5.75 Å². The summed E-state index contributed by atoms with van der Waals surface area (Å²) >= 11 is 0. The first kappa shape index (κ1) is 15.8. The Bertz CT molecular complexity index is 476. The van der Waals surface area contributed by atoms with E-state index < -0.39 is 0 Å². The summed E-state index contributed by atoms with van der Waals surface area (Å²) < 4.78 is 5.29. The number of carbonyl (C=O) groups excluding carboxylic acids is 1. The standard InChI is InChI=1S/C17H26N2O2/c1-4-18-11-10-15-8-9-17(20)19(15)13(2)14-6-5-7-16(12-14)21-3/h5-7,12-13,15,18H,4,8-11H2,1-3H3/t13-,15?/m1/s1. The van der Waals surface area contributed by atoms with Gasteiger partial charge in [0, 0.05) is 12.5 Å². The Balaban J connectivity index is 2.10. The van der Waals surface area contributed by atoms with E-state index in [2.05, 4.69) is 30.1 Å². The van der Waals surface area contributed by atoms with E-state index in [4.69, 9.17) is 4.74 Å². The van der Waals surface area contributed by atoms with Crippen LogP contribution in [0.5, 0.6) is 5.75 Å². The first-order valence-electron chi connectivity index (χ1n) is 7.83. The molecular formula is C17H26N2O2. The molecule has 1 N–H and O–H groups in total. The largest absolute Gasteiger partial charge is 0.497 e. The van der Waals surface area contributed by atoms with Crippen molar-refractivity contribution in [1.29, 1.82) is 0 Å². The van der Waals surface area contributed by atoms with Gasteiger partial charge in [0.05, 0.1) is 13.2 Å². The lowest BCUT2D eigenvalue weighted by Crippen LogP contribution is -2.37. The van der Waals surface area contributed by atoms with Crippen molar-refractivity contribution >= 4 is 5.91 Å². The van der Waals surface area contributed by atoms with Crippen molar-refractivity contribution in [3.63, 3.8) is 0 Å². The van der Waals surface area contributed by atoms with Crippen LogP contribution in [-0.2, 0) is 4.79 Å². The fourth-order valence-corrected chi connectivity index (χ4v) is 3.08. The van der Waals surface area contributed by atoms with E-state index in [0.29, 0.717) is 12.5 Å². The lowest BCUT2D eigenvalue weighted by Gasteiger charge is -2.31.